The third-order valence-electron chi connectivity index (χ3n) is 4.62. The lowest BCUT2D eigenvalue weighted by molar-refractivity contribution is -0.115. The Hall–Kier alpha value is -3.60. The average molecular weight is 388 g/mol. The highest BCUT2D eigenvalue weighted by Crippen LogP contribution is 2.19. The Balaban J connectivity index is 1.67. The Kier molecular flexibility index (Phi) is 6.63. The van der Waals surface area contributed by atoms with Gasteiger partial charge in [-0.3, -0.25) is 9.59 Å². The van der Waals surface area contributed by atoms with Crippen LogP contribution in [0.4, 0.5) is 5.69 Å². The molecule has 0 heterocycles. The van der Waals surface area contributed by atoms with E-state index in [1.807, 2.05) is 61.5 Å². The average Bonchev–Trinajstić information content (AvgIpc) is 2.75. The Morgan fingerprint density at radius 3 is 2.24 bits per heavy atom. The summed E-state index contributed by atoms with van der Waals surface area (Å²) in [6, 6.07) is 23.9. The first-order valence-electron chi connectivity index (χ1n) is 9.44. The van der Waals surface area contributed by atoms with Crippen LogP contribution in [0.1, 0.15) is 34.5 Å². The number of nitrogens with one attached hydrogen (secondary N) is 2. The van der Waals surface area contributed by atoms with Crippen molar-refractivity contribution in [3.63, 3.8) is 0 Å². The van der Waals surface area contributed by atoms with E-state index in [2.05, 4.69) is 10.6 Å². The number of methoxy groups -OCH3 is 1. The van der Waals surface area contributed by atoms with E-state index < -0.39 is 0 Å². The molecule has 2 amide bonds. The van der Waals surface area contributed by atoms with Crippen LogP contribution >= 0.6 is 0 Å². The van der Waals surface area contributed by atoms with Crippen LogP contribution in [0.3, 0.4) is 0 Å². The normalized spacial score (nSPS) is 11.4. The molecule has 3 rings (SSSR count). The summed E-state index contributed by atoms with van der Waals surface area (Å²) in [4.78, 5) is 25.3. The number of benzene rings is 3. The summed E-state index contributed by atoms with van der Waals surface area (Å²) in [5.74, 6) is 0.317. The predicted molar refractivity (Wildman–Crippen MR) is 114 cm³/mol. The molecule has 0 aliphatic carbocycles. The quantitative estimate of drug-likeness (QED) is 0.632. The lowest BCUT2D eigenvalue weighted by Crippen LogP contribution is -2.28. The first-order valence-corrected chi connectivity index (χ1v) is 9.44. The molecule has 29 heavy (non-hydrogen) atoms. The molecule has 3 aromatic rings. The number of amides is 2. The molecule has 3 aromatic carbocycles. The zero-order valence-corrected chi connectivity index (χ0v) is 16.5. The molecule has 5 nitrogen and oxygen atoms in total. The van der Waals surface area contributed by atoms with Gasteiger partial charge in [0.15, 0.2) is 0 Å². The molecule has 5 heteroatoms. The van der Waals surface area contributed by atoms with Gasteiger partial charge < -0.3 is 15.4 Å². The molecule has 2 N–H and O–H groups in total. The lowest BCUT2D eigenvalue weighted by Gasteiger charge is -2.16. The van der Waals surface area contributed by atoms with Gasteiger partial charge >= 0.3 is 0 Å². The van der Waals surface area contributed by atoms with Gasteiger partial charge in [0.25, 0.3) is 5.91 Å². The number of carbonyl (C=O) groups excluding carboxylic acids is 2. The van der Waals surface area contributed by atoms with Crippen LogP contribution in [0.5, 0.6) is 5.75 Å². The maximum absolute atomic E-state index is 12.8. The second-order valence-electron chi connectivity index (χ2n) is 6.72. The number of hydrogen-bond acceptors (Lipinski definition) is 3. The van der Waals surface area contributed by atoms with Crippen LogP contribution in [0, 0.1) is 0 Å². The van der Waals surface area contributed by atoms with E-state index >= 15 is 0 Å². The second-order valence-corrected chi connectivity index (χ2v) is 6.72. The zero-order chi connectivity index (χ0) is 20.6. The van der Waals surface area contributed by atoms with Gasteiger partial charge in [0.1, 0.15) is 5.75 Å². The summed E-state index contributed by atoms with van der Waals surface area (Å²) >= 11 is 0. The van der Waals surface area contributed by atoms with Crippen molar-refractivity contribution < 1.29 is 14.3 Å². The fourth-order valence-corrected chi connectivity index (χ4v) is 3.01. The zero-order valence-electron chi connectivity index (χ0n) is 16.5. The van der Waals surface area contributed by atoms with E-state index in [0.29, 0.717) is 11.3 Å². The van der Waals surface area contributed by atoms with Gasteiger partial charge in [-0.25, -0.2) is 0 Å². The van der Waals surface area contributed by atoms with Gasteiger partial charge in [-0.2, -0.15) is 0 Å². The number of anilines is 1. The largest absolute Gasteiger partial charge is 0.497 e. The van der Waals surface area contributed by atoms with Crippen molar-refractivity contribution in [3.8, 4) is 5.75 Å². The standard InChI is InChI=1S/C24H24N2O3/c1-17(19-8-4-3-5-9-19)25-24(28)21-10-6-7-11-22(21)26-23(27)16-18-12-14-20(29-2)15-13-18/h3-15,17H,16H2,1-2H3,(H,25,28)(H,26,27). The Bertz CT molecular complexity index is 969. The summed E-state index contributed by atoms with van der Waals surface area (Å²) in [5.41, 5.74) is 2.80. The van der Waals surface area contributed by atoms with Crippen LogP contribution in [0.25, 0.3) is 0 Å². The minimum Gasteiger partial charge on any atom is -0.497 e. The van der Waals surface area contributed by atoms with E-state index in [-0.39, 0.29) is 24.3 Å². The van der Waals surface area contributed by atoms with Gasteiger partial charge in [0, 0.05) is 0 Å². The van der Waals surface area contributed by atoms with Crippen molar-refractivity contribution in [2.75, 3.05) is 12.4 Å². The third-order valence-corrected chi connectivity index (χ3v) is 4.62. The number of ether oxygens (including phenoxy) is 1. The molecule has 0 aromatic heterocycles. The molecule has 0 aliphatic rings. The predicted octanol–water partition coefficient (Wildman–Crippen LogP) is 4.37. The Labute approximate surface area is 170 Å². The number of carbonyl (C=O) groups is 2. The van der Waals surface area contributed by atoms with Gasteiger partial charge in [-0.15, -0.1) is 0 Å². The van der Waals surface area contributed by atoms with Crippen LogP contribution in [0.2, 0.25) is 0 Å². The molecule has 1 atom stereocenters. The Morgan fingerprint density at radius 1 is 0.897 bits per heavy atom. The van der Waals surface area contributed by atoms with Crippen LogP contribution in [-0.2, 0) is 11.2 Å². The first kappa shape index (κ1) is 20.1. The lowest BCUT2D eigenvalue weighted by atomic mass is 10.1. The number of hydrogen-bond donors (Lipinski definition) is 2. The van der Waals surface area contributed by atoms with E-state index in [1.165, 1.54) is 0 Å². The molecule has 0 saturated carbocycles. The third kappa shape index (κ3) is 5.45. The summed E-state index contributed by atoms with van der Waals surface area (Å²) in [5, 5.41) is 5.83. The molecule has 0 saturated heterocycles. The number of rotatable bonds is 7. The molecule has 0 aliphatic heterocycles. The highest BCUT2D eigenvalue weighted by atomic mass is 16.5. The van der Waals surface area contributed by atoms with E-state index in [0.717, 1.165) is 16.9 Å². The second kappa shape index (κ2) is 9.55. The highest BCUT2D eigenvalue weighted by molar-refractivity contribution is 6.04. The number of para-hydroxylation sites is 1. The summed E-state index contributed by atoms with van der Waals surface area (Å²) < 4.78 is 5.13. The molecule has 0 radical (unpaired) electrons. The van der Waals surface area contributed by atoms with Crippen molar-refractivity contribution in [2.24, 2.45) is 0 Å². The van der Waals surface area contributed by atoms with Crippen LogP contribution < -0.4 is 15.4 Å². The maximum atomic E-state index is 12.8. The molecule has 0 spiro atoms. The monoisotopic (exact) mass is 388 g/mol. The van der Waals surface area contributed by atoms with E-state index in [9.17, 15) is 9.59 Å². The Morgan fingerprint density at radius 2 is 1.55 bits per heavy atom. The van der Waals surface area contributed by atoms with Crippen molar-refractivity contribution in [1.29, 1.82) is 0 Å². The molecular weight excluding hydrogens is 364 g/mol. The molecule has 0 fully saturated rings. The van der Waals surface area contributed by atoms with Gasteiger partial charge in [-0.05, 0) is 42.3 Å². The minimum atomic E-state index is -0.235. The molecular formula is C24H24N2O3. The van der Waals surface area contributed by atoms with Crippen molar-refractivity contribution in [2.45, 2.75) is 19.4 Å². The van der Waals surface area contributed by atoms with E-state index in [1.54, 1.807) is 31.4 Å². The smallest absolute Gasteiger partial charge is 0.253 e. The fourth-order valence-electron chi connectivity index (χ4n) is 3.01. The molecule has 148 valence electrons. The molecule has 1 unspecified atom stereocenters. The minimum absolute atomic E-state index is 0.147. The van der Waals surface area contributed by atoms with Crippen LogP contribution in [-0.4, -0.2) is 18.9 Å². The van der Waals surface area contributed by atoms with E-state index in [4.69, 9.17) is 4.74 Å². The first-order chi connectivity index (χ1) is 14.1. The summed E-state index contributed by atoms with van der Waals surface area (Å²) in [7, 11) is 1.60. The van der Waals surface area contributed by atoms with Crippen molar-refractivity contribution in [3.05, 3.63) is 95.6 Å². The van der Waals surface area contributed by atoms with Crippen molar-refractivity contribution >= 4 is 17.5 Å². The highest BCUT2D eigenvalue weighted by Gasteiger charge is 2.16. The van der Waals surface area contributed by atoms with Gasteiger partial charge in [-0.1, -0.05) is 54.6 Å². The summed E-state index contributed by atoms with van der Waals surface area (Å²) in [6.45, 7) is 1.93. The molecule has 0 bridgehead atoms. The fraction of sp³-hybridized carbons (Fsp3) is 0.167. The SMILES string of the molecule is COc1ccc(CC(=O)Nc2ccccc2C(=O)NC(C)c2ccccc2)cc1. The van der Waals surface area contributed by atoms with Crippen molar-refractivity contribution in [1.82, 2.24) is 5.32 Å². The van der Waals surface area contributed by atoms with Gasteiger partial charge in [0.05, 0.1) is 30.8 Å². The topological polar surface area (TPSA) is 67.4 Å². The van der Waals surface area contributed by atoms with Crippen LogP contribution in [0.15, 0.2) is 78.9 Å². The summed E-state index contributed by atoms with van der Waals surface area (Å²) in [6.07, 6.45) is 0.209. The van der Waals surface area contributed by atoms with Gasteiger partial charge in [0.2, 0.25) is 5.91 Å². The maximum Gasteiger partial charge on any atom is 0.253 e.